The van der Waals surface area contributed by atoms with Crippen LogP contribution in [0.25, 0.3) is 22.1 Å². The summed E-state index contributed by atoms with van der Waals surface area (Å²) in [4.78, 5) is 20.2. The van der Waals surface area contributed by atoms with E-state index < -0.39 is 0 Å². The van der Waals surface area contributed by atoms with Gasteiger partial charge in [0.15, 0.2) is 0 Å². The number of hydrogen-bond donors (Lipinski definition) is 0. The molecule has 0 aliphatic rings. The van der Waals surface area contributed by atoms with E-state index in [-0.39, 0.29) is 74.7 Å². The summed E-state index contributed by atoms with van der Waals surface area (Å²) in [7, 11) is -1.39. The number of rotatable bonds is 4. The van der Waals surface area contributed by atoms with Gasteiger partial charge in [0.05, 0.1) is 43.8 Å². The summed E-state index contributed by atoms with van der Waals surface area (Å²) in [5.41, 5.74) is 9.12. The second-order valence-electron chi connectivity index (χ2n) is 15.6. The van der Waals surface area contributed by atoms with Crippen LogP contribution in [0.15, 0.2) is 48.5 Å². The number of fused-ring (bicyclic) bond motifs is 2. The minimum absolute atomic E-state index is 0. The van der Waals surface area contributed by atoms with Crippen LogP contribution in [0, 0.1) is 0 Å². The summed E-state index contributed by atoms with van der Waals surface area (Å²) >= 11 is 0. The molecule has 2 heterocycles. The topological polar surface area (TPSA) is 51.6 Å². The normalized spacial score (nSPS) is 15.5. The predicted molar refractivity (Wildman–Crippen MR) is 208 cm³/mol. The monoisotopic (exact) mass is 865 g/mol. The standard InChI is InChI=1S/2C18H28N2P2.Au/c2*1-17(2,3)21(7)15-16(22(8)18(4,5)6)20-14-12-10-9-11-13(14)19-15;/h2*9-12H,1-8H3;. The van der Waals surface area contributed by atoms with Gasteiger partial charge in [-0.15, -0.1) is 0 Å². The summed E-state index contributed by atoms with van der Waals surface area (Å²) in [5.74, 6) is 0. The summed E-state index contributed by atoms with van der Waals surface area (Å²) in [6.07, 6.45) is 0. The molecule has 0 bridgehead atoms. The second-order valence-corrected chi connectivity index (χ2v) is 27.2. The Morgan fingerprint density at radius 1 is 0.356 bits per heavy atom. The van der Waals surface area contributed by atoms with Crippen molar-refractivity contribution in [2.45, 2.75) is 104 Å². The Hall–Kier alpha value is -0.420. The van der Waals surface area contributed by atoms with E-state index in [1.165, 1.54) is 21.7 Å². The SMILES string of the molecule is CP(c1nc2ccccc2nc1P(C)C(C)(C)C)C(C)(C)C.CP(c1nc2ccccc2nc1P(C)C(C)(C)C)C(C)(C)C.[Au]. The molecule has 4 rings (SSSR count). The smallest absolute Gasteiger partial charge is 0.0899 e. The van der Waals surface area contributed by atoms with Crippen LogP contribution in [0.4, 0.5) is 0 Å². The van der Waals surface area contributed by atoms with Crippen LogP contribution in [-0.4, -0.2) is 67.2 Å². The van der Waals surface area contributed by atoms with Crippen LogP contribution in [0.2, 0.25) is 0 Å². The van der Waals surface area contributed by atoms with Crippen molar-refractivity contribution in [1.82, 2.24) is 19.9 Å². The average molecular weight is 866 g/mol. The van der Waals surface area contributed by atoms with E-state index in [4.69, 9.17) is 19.9 Å². The van der Waals surface area contributed by atoms with Gasteiger partial charge in [0, 0.05) is 22.4 Å². The number of para-hydroxylation sites is 4. The molecule has 2 aromatic carbocycles. The van der Waals surface area contributed by atoms with Gasteiger partial charge in [0.2, 0.25) is 0 Å². The number of benzene rings is 2. The maximum Gasteiger partial charge on any atom is 0.0899 e. The summed E-state index contributed by atoms with van der Waals surface area (Å²) in [5, 5.41) is 0.981. The van der Waals surface area contributed by atoms with Gasteiger partial charge >= 0.3 is 0 Å². The van der Waals surface area contributed by atoms with Gasteiger partial charge in [-0.2, -0.15) is 0 Å². The third-order valence-electron chi connectivity index (χ3n) is 8.36. The van der Waals surface area contributed by atoms with E-state index in [9.17, 15) is 0 Å². The van der Waals surface area contributed by atoms with E-state index in [1.807, 2.05) is 24.3 Å². The van der Waals surface area contributed by atoms with E-state index in [0.29, 0.717) is 0 Å². The van der Waals surface area contributed by atoms with Crippen LogP contribution < -0.4 is 21.7 Å². The maximum atomic E-state index is 5.06. The molecule has 1 radical (unpaired) electrons. The predicted octanol–water partition coefficient (Wildman–Crippen LogP) is 9.40. The second kappa shape index (κ2) is 15.4. The molecule has 0 fully saturated rings. The molecule has 0 N–H and O–H groups in total. The van der Waals surface area contributed by atoms with E-state index >= 15 is 0 Å². The molecule has 0 saturated carbocycles. The zero-order chi connectivity index (χ0) is 33.4. The first-order valence-corrected chi connectivity index (χ1v) is 22.7. The first-order valence-electron chi connectivity index (χ1n) is 15.5. The molecule has 4 atom stereocenters. The molecule has 0 spiro atoms. The minimum atomic E-state index is -0.348. The van der Waals surface area contributed by atoms with Crippen LogP contribution in [0.1, 0.15) is 83.1 Å². The summed E-state index contributed by atoms with van der Waals surface area (Å²) < 4.78 is 0. The molecule has 4 unspecified atom stereocenters. The zero-order valence-electron chi connectivity index (χ0n) is 30.5. The van der Waals surface area contributed by atoms with Crippen molar-refractivity contribution in [2.75, 3.05) is 26.7 Å². The van der Waals surface area contributed by atoms with E-state index in [1.54, 1.807) is 0 Å². The van der Waals surface area contributed by atoms with Gasteiger partial charge in [-0.25, -0.2) is 19.9 Å². The first-order chi connectivity index (χ1) is 20.0. The largest absolute Gasteiger partial charge is 0.244 e. The van der Waals surface area contributed by atoms with Gasteiger partial charge in [-0.1, -0.05) is 139 Å². The molecule has 2 aromatic heterocycles. The van der Waals surface area contributed by atoms with E-state index in [2.05, 4.69) is 134 Å². The Morgan fingerprint density at radius 2 is 0.511 bits per heavy atom. The van der Waals surface area contributed by atoms with Crippen molar-refractivity contribution in [1.29, 1.82) is 0 Å². The molecule has 0 amide bonds. The molecule has 45 heavy (non-hydrogen) atoms. The Balaban J connectivity index is 0.000000307. The fraction of sp³-hybridized carbons (Fsp3) is 0.556. The quantitative estimate of drug-likeness (QED) is 0.152. The van der Waals surface area contributed by atoms with E-state index in [0.717, 1.165) is 22.1 Å². The van der Waals surface area contributed by atoms with Crippen LogP contribution >= 0.6 is 31.7 Å². The minimum Gasteiger partial charge on any atom is -0.244 e. The third-order valence-corrected chi connectivity index (χ3v) is 20.6. The molecular weight excluding hydrogens is 809 g/mol. The van der Waals surface area contributed by atoms with Crippen LogP contribution in [0.5, 0.6) is 0 Å². The Labute approximate surface area is 295 Å². The number of hydrogen-bond acceptors (Lipinski definition) is 4. The first kappa shape index (κ1) is 40.8. The maximum absolute atomic E-state index is 5.06. The van der Waals surface area contributed by atoms with Crippen molar-refractivity contribution in [2.24, 2.45) is 0 Å². The van der Waals surface area contributed by atoms with Gasteiger partial charge in [-0.3, -0.25) is 0 Å². The van der Waals surface area contributed by atoms with Crippen molar-refractivity contribution < 1.29 is 22.4 Å². The van der Waals surface area contributed by atoms with Crippen molar-refractivity contribution in [3.05, 3.63) is 48.5 Å². The molecule has 4 nitrogen and oxygen atoms in total. The van der Waals surface area contributed by atoms with Gasteiger partial charge in [-0.05, 0) is 71.5 Å². The Bertz CT molecular complexity index is 1350. The van der Waals surface area contributed by atoms with Gasteiger partial charge in [0.25, 0.3) is 0 Å². The average Bonchev–Trinajstić information content (AvgIpc) is 2.92. The Morgan fingerprint density at radius 3 is 0.644 bits per heavy atom. The van der Waals surface area contributed by atoms with Crippen molar-refractivity contribution in [3.63, 3.8) is 0 Å². The summed E-state index contributed by atoms with van der Waals surface area (Å²) in [6, 6.07) is 16.5. The zero-order valence-corrected chi connectivity index (χ0v) is 36.2. The molecule has 4 aromatic rings. The third kappa shape index (κ3) is 10.3. The molecule has 0 saturated heterocycles. The van der Waals surface area contributed by atoms with Crippen molar-refractivity contribution in [3.8, 4) is 0 Å². The molecule has 0 aliphatic heterocycles. The number of aromatic nitrogens is 4. The summed E-state index contributed by atoms with van der Waals surface area (Å²) in [6.45, 7) is 37.2. The fourth-order valence-corrected chi connectivity index (χ4v) is 10.9. The van der Waals surface area contributed by atoms with Crippen molar-refractivity contribution >= 4 is 75.5 Å². The van der Waals surface area contributed by atoms with Crippen LogP contribution in [0.3, 0.4) is 0 Å². The molecule has 9 heteroatoms. The molecule has 251 valence electrons. The number of nitrogens with zero attached hydrogens (tertiary/aromatic N) is 4. The van der Waals surface area contributed by atoms with Gasteiger partial charge < -0.3 is 0 Å². The Kier molecular flexibility index (Phi) is 14.0. The fourth-order valence-electron chi connectivity index (χ4n) is 4.13. The van der Waals surface area contributed by atoms with Crippen LogP contribution in [-0.2, 0) is 22.4 Å². The molecule has 0 aliphatic carbocycles. The molecular formula is C36H56AuN4P4. The van der Waals surface area contributed by atoms with Gasteiger partial charge in [0.1, 0.15) is 0 Å².